The second-order valence-electron chi connectivity index (χ2n) is 5.07. The summed E-state index contributed by atoms with van der Waals surface area (Å²) in [5.41, 5.74) is 1.72. The van der Waals surface area contributed by atoms with Crippen molar-refractivity contribution in [3.63, 3.8) is 0 Å². The molecule has 1 fully saturated rings. The van der Waals surface area contributed by atoms with Crippen LogP contribution in [0.3, 0.4) is 0 Å². The molecule has 1 aliphatic carbocycles. The Hall–Kier alpha value is -2.04. The Bertz CT molecular complexity index is 572. The quantitative estimate of drug-likeness (QED) is 0.775. The van der Waals surface area contributed by atoms with Crippen LogP contribution in [0.25, 0.3) is 10.9 Å². The van der Waals surface area contributed by atoms with Crippen LogP contribution in [0.5, 0.6) is 0 Å². The zero-order valence-corrected chi connectivity index (χ0v) is 10.8. The molecule has 5 nitrogen and oxygen atoms in total. The lowest BCUT2D eigenvalue weighted by Gasteiger charge is -2.22. The Kier molecular flexibility index (Phi) is 3.35. The highest BCUT2D eigenvalue weighted by Gasteiger charge is 2.16. The number of nitrogens with one attached hydrogen (secondary N) is 3. The first kappa shape index (κ1) is 12.0. The molecule has 0 bridgehead atoms. The van der Waals surface area contributed by atoms with Gasteiger partial charge in [-0.1, -0.05) is 25.3 Å². The fourth-order valence-electron chi connectivity index (χ4n) is 2.67. The first-order valence-corrected chi connectivity index (χ1v) is 6.82. The SMILES string of the molecule is O=C(Nc1cccc2[nH]ncc12)NC1CCCCC1. The second kappa shape index (κ2) is 5.30. The van der Waals surface area contributed by atoms with E-state index in [9.17, 15) is 4.79 Å². The zero-order valence-electron chi connectivity index (χ0n) is 10.8. The van der Waals surface area contributed by atoms with Gasteiger partial charge in [0.05, 0.1) is 17.4 Å². The number of aromatic nitrogens is 2. The molecule has 0 spiro atoms. The van der Waals surface area contributed by atoms with Gasteiger partial charge in [-0.15, -0.1) is 0 Å². The smallest absolute Gasteiger partial charge is 0.319 e. The Morgan fingerprint density at radius 2 is 2.11 bits per heavy atom. The second-order valence-corrected chi connectivity index (χ2v) is 5.07. The number of urea groups is 1. The van der Waals surface area contributed by atoms with Crippen LogP contribution in [0.15, 0.2) is 24.4 Å². The lowest BCUT2D eigenvalue weighted by molar-refractivity contribution is 0.244. The first-order valence-electron chi connectivity index (χ1n) is 6.82. The summed E-state index contributed by atoms with van der Waals surface area (Å²) in [6.45, 7) is 0. The topological polar surface area (TPSA) is 69.8 Å². The monoisotopic (exact) mass is 258 g/mol. The van der Waals surface area contributed by atoms with Gasteiger partial charge in [-0.25, -0.2) is 4.79 Å². The molecule has 1 aliphatic rings. The Balaban J connectivity index is 1.67. The molecule has 2 aromatic rings. The van der Waals surface area contributed by atoms with Gasteiger partial charge in [-0.2, -0.15) is 5.10 Å². The van der Waals surface area contributed by atoms with Gasteiger partial charge in [-0.3, -0.25) is 5.10 Å². The van der Waals surface area contributed by atoms with Crippen LogP contribution < -0.4 is 10.6 Å². The summed E-state index contributed by atoms with van der Waals surface area (Å²) in [4.78, 5) is 12.0. The normalized spacial score (nSPS) is 16.4. The van der Waals surface area contributed by atoms with Gasteiger partial charge in [0.2, 0.25) is 0 Å². The maximum Gasteiger partial charge on any atom is 0.319 e. The fourth-order valence-corrected chi connectivity index (χ4v) is 2.67. The number of benzene rings is 1. The minimum Gasteiger partial charge on any atom is -0.335 e. The predicted octanol–water partition coefficient (Wildman–Crippen LogP) is 3.02. The maximum absolute atomic E-state index is 12.0. The predicted molar refractivity (Wildman–Crippen MR) is 75.1 cm³/mol. The molecule has 3 N–H and O–H groups in total. The molecule has 19 heavy (non-hydrogen) atoms. The number of carbonyl (C=O) groups is 1. The average molecular weight is 258 g/mol. The number of fused-ring (bicyclic) bond motifs is 1. The van der Waals surface area contributed by atoms with Crippen molar-refractivity contribution < 1.29 is 4.79 Å². The molecule has 3 rings (SSSR count). The van der Waals surface area contributed by atoms with Crippen molar-refractivity contribution in [1.29, 1.82) is 0 Å². The highest BCUT2D eigenvalue weighted by atomic mass is 16.2. The number of hydrogen-bond donors (Lipinski definition) is 3. The third-order valence-electron chi connectivity index (χ3n) is 3.67. The molecule has 0 atom stereocenters. The van der Waals surface area contributed by atoms with Crippen LogP contribution >= 0.6 is 0 Å². The van der Waals surface area contributed by atoms with Crippen molar-refractivity contribution in [3.05, 3.63) is 24.4 Å². The summed E-state index contributed by atoms with van der Waals surface area (Å²) in [5, 5.41) is 13.8. The van der Waals surface area contributed by atoms with Gasteiger partial charge < -0.3 is 10.6 Å². The number of hydrogen-bond acceptors (Lipinski definition) is 2. The number of anilines is 1. The van der Waals surface area contributed by atoms with Gasteiger partial charge in [0.1, 0.15) is 0 Å². The van der Waals surface area contributed by atoms with Gasteiger partial charge in [0.15, 0.2) is 0 Å². The number of nitrogens with zero attached hydrogens (tertiary/aromatic N) is 1. The lowest BCUT2D eigenvalue weighted by atomic mass is 9.96. The summed E-state index contributed by atoms with van der Waals surface area (Å²) >= 11 is 0. The highest BCUT2D eigenvalue weighted by molar-refractivity contribution is 6.00. The third kappa shape index (κ3) is 2.70. The number of H-pyrrole nitrogens is 1. The van der Waals surface area contributed by atoms with E-state index >= 15 is 0 Å². The molecule has 100 valence electrons. The number of carbonyl (C=O) groups excluding carboxylic acids is 1. The van der Waals surface area contributed by atoms with Crippen LogP contribution in [0.4, 0.5) is 10.5 Å². The Morgan fingerprint density at radius 1 is 1.26 bits per heavy atom. The van der Waals surface area contributed by atoms with E-state index in [-0.39, 0.29) is 6.03 Å². The standard InChI is InChI=1S/C14H18N4O/c19-14(16-10-5-2-1-3-6-10)17-12-7-4-8-13-11(12)9-15-18-13/h4,7-10H,1-3,5-6H2,(H,15,18)(H2,16,17,19). The number of aromatic amines is 1. The zero-order chi connectivity index (χ0) is 13.1. The summed E-state index contributed by atoms with van der Waals surface area (Å²) in [7, 11) is 0. The summed E-state index contributed by atoms with van der Waals surface area (Å²) in [6.07, 6.45) is 7.61. The summed E-state index contributed by atoms with van der Waals surface area (Å²) in [5.74, 6) is 0. The number of rotatable bonds is 2. The molecular formula is C14H18N4O. The van der Waals surface area contributed by atoms with Gasteiger partial charge >= 0.3 is 6.03 Å². The van der Waals surface area contributed by atoms with E-state index < -0.39 is 0 Å². The lowest BCUT2D eigenvalue weighted by Crippen LogP contribution is -2.39. The molecule has 1 aromatic carbocycles. The van der Waals surface area contributed by atoms with Gasteiger partial charge in [-0.05, 0) is 25.0 Å². The molecule has 1 aromatic heterocycles. The van der Waals surface area contributed by atoms with E-state index in [1.165, 1.54) is 19.3 Å². The molecule has 1 heterocycles. The molecule has 5 heteroatoms. The van der Waals surface area contributed by atoms with E-state index in [0.29, 0.717) is 6.04 Å². The Morgan fingerprint density at radius 3 is 2.95 bits per heavy atom. The fraction of sp³-hybridized carbons (Fsp3) is 0.429. The average Bonchev–Trinajstić information content (AvgIpc) is 2.89. The molecule has 0 saturated heterocycles. The van der Waals surface area contributed by atoms with Crippen LogP contribution in [-0.2, 0) is 0 Å². The third-order valence-corrected chi connectivity index (χ3v) is 3.67. The van der Waals surface area contributed by atoms with Crippen LogP contribution in [0.1, 0.15) is 32.1 Å². The van der Waals surface area contributed by atoms with Crippen LogP contribution in [0.2, 0.25) is 0 Å². The van der Waals surface area contributed by atoms with Crippen molar-refractivity contribution in [3.8, 4) is 0 Å². The molecule has 1 saturated carbocycles. The minimum absolute atomic E-state index is 0.124. The summed E-state index contributed by atoms with van der Waals surface area (Å²) < 4.78 is 0. The van der Waals surface area contributed by atoms with Crippen molar-refractivity contribution in [2.75, 3.05) is 5.32 Å². The van der Waals surface area contributed by atoms with Crippen molar-refractivity contribution >= 4 is 22.6 Å². The molecule has 0 unspecified atom stereocenters. The molecule has 2 amide bonds. The van der Waals surface area contributed by atoms with E-state index in [0.717, 1.165) is 29.4 Å². The van der Waals surface area contributed by atoms with Crippen LogP contribution in [-0.4, -0.2) is 22.3 Å². The van der Waals surface area contributed by atoms with Crippen molar-refractivity contribution in [2.45, 2.75) is 38.1 Å². The van der Waals surface area contributed by atoms with Crippen molar-refractivity contribution in [1.82, 2.24) is 15.5 Å². The van der Waals surface area contributed by atoms with E-state index in [4.69, 9.17) is 0 Å². The van der Waals surface area contributed by atoms with Gasteiger partial charge in [0.25, 0.3) is 0 Å². The van der Waals surface area contributed by atoms with E-state index in [2.05, 4.69) is 20.8 Å². The van der Waals surface area contributed by atoms with Crippen molar-refractivity contribution in [2.24, 2.45) is 0 Å². The molecule has 0 aliphatic heterocycles. The highest BCUT2D eigenvalue weighted by Crippen LogP contribution is 2.21. The molecule has 0 radical (unpaired) electrons. The van der Waals surface area contributed by atoms with Crippen LogP contribution in [0, 0.1) is 0 Å². The van der Waals surface area contributed by atoms with E-state index in [1.54, 1.807) is 6.20 Å². The molecular weight excluding hydrogens is 240 g/mol. The van der Waals surface area contributed by atoms with Gasteiger partial charge in [0, 0.05) is 11.4 Å². The largest absolute Gasteiger partial charge is 0.335 e. The number of amides is 2. The van der Waals surface area contributed by atoms with E-state index in [1.807, 2.05) is 18.2 Å². The first-order chi connectivity index (χ1) is 9.33. The Labute approximate surface area is 111 Å². The summed E-state index contributed by atoms with van der Waals surface area (Å²) in [6, 6.07) is 5.92. The minimum atomic E-state index is -0.124. The maximum atomic E-state index is 12.0.